The zero-order chi connectivity index (χ0) is 21.0. The normalized spacial score (nSPS) is 11.3. The molecule has 0 spiro atoms. The van der Waals surface area contributed by atoms with Gasteiger partial charge in [-0.1, -0.05) is 17.3 Å². The van der Waals surface area contributed by atoms with E-state index in [1.165, 1.54) is 17.9 Å². The Bertz CT molecular complexity index is 1020. The van der Waals surface area contributed by atoms with Gasteiger partial charge < -0.3 is 9.47 Å². The van der Waals surface area contributed by atoms with E-state index in [9.17, 15) is 18.0 Å². The molecule has 0 radical (unpaired) electrons. The molecule has 0 saturated carbocycles. The van der Waals surface area contributed by atoms with Gasteiger partial charge in [-0.25, -0.2) is 4.68 Å². The fourth-order valence-corrected chi connectivity index (χ4v) is 3.10. The highest BCUT2D eigenvalue weighted by atomic mass is 127. The summed E-state index contributed by atoms with van der Waals surface area (Å²) in [5.74, 6) is 0.835. The van der Waals surface area contributed by atoms with Gasteiger partial charge in [0, 0.05) is 5.56 Å². The van der Waals surface area contributed by atoms with Gasteiger partial charge in [-0.3, -0.25) is 4.79 Å². The number of methoxy groups -OCH3 is 1. The van der Waals surface area contributed by atoms with Crippen LogP contribution in [0.5, 0.6) is 11.5 Å². The number of alkyl halides is 3. The molecule has 1 aromatic heterocycles. The molecule has 0 bridgehead atoms. The number of hydrogen-bond donors (Lipinski definition) is 0. The van der Waals surface area contributed by atoms with Crippen LogP contribution in [0.4, 0.5) is 13.2 Å². The van der Waals surface area contributed by atoms with Crippen molar-refractivity contribution in [3.63, 3.8) is 0 Å². The second-order valence-electron chi connectivity index (χ2n) is 6.00. The van der Waals surface area contributed by atoms with Crippen molar-refractivity contribution in [2.24, 2.45) is 0 Å². The lowest BCUT2D eigenvalue weighted by Crippen LogP contribution is -2.08. The molecule has 0 saturated heterocycles. The van der Waals surface area contributed by atoms with Crippen LogP contribution in [-0.2, 0) is 19.3 Å². The molecule has 6 nitrogen and oxygen atoms in total. The predicted molar refractivity (Wildman–Crippen MR) is 106 cm³/mol. The molecule has 1 heterocycles. The van der Waals surface area contributed by atoms with Crippen LogP contribution < -0.4 is 9.47 Å². The maximum Gasteiger partial charge on any atom is 0.416 e. The Morgan fingerprint density at radius 3 is 2.66 bits per heavy atom. The van der Waals surface area contributed by atoms with Gasteiger partial charge in [-0.05, 0) is 58.5 Å². The summed E-state index contributed by atoms with van der Waals surface area (Å²) in [6.07, 6.45) is -3.70. The van der Waals surface area contributed by atoms with Crippen LogP contribution in [0.15, 0.2) is 42.5 Å². The van der Waals surface area contributed by atoms with Gasteiger partial charge >= 0.3 is 6.18 Å². The minimum absolute atomic E-state index is 0.0810. The first-order valence-electron chi connectivity index (χ1n) is 8.32. The van der Waals surface area contributed by atoms with Crippen molar-refractivity contribution < 1.29 is 27.4 Å². The molecule has 0 aliphatic carbocycles. The fraction of sp³-hybridized carbons (Fsp3) is 0.211. The molecule has 29 heavy (non-hydrogen) atoms. The van der Waals surface area contributed by atoms with Gasteiger partial charge in [0.15, 0.2) is 11.5 Å². The molecule has 0 amide bonds. The SMILES string of the molecule is COc1cc(C=O)ccc1OCc1nnn(Cc2cccc(C(F)(F)F)c2)c1I. The van der Waals surface area contributed by atoms with Gasteiger partial charge in [0.2, 0.25) is 0 Å². The molecule has 152 valence electrons. The summed E-state index contributed by atoms with van der Waals surface area (Å²) in [5.41, 5.74) is 0.732. The van der Waals surface area contributed by atoms with Crippen LogP contribution in [0.3, 0.4) is 0 Å². The zero-order valence-electron chi connectivity index (χ0n) is 15.1. The Kier molecular flexibility index (Phi) is 6.40. The number of ether oxygens (including phenoxy) is 2. The monoisotopic (exact) mass is 517 g/mol. The van der Waals surface area contributed by atoms with Gasteiger partial charge in [0.1, 0.15) is 22.3 Å². The highest BCUT2D eigenvalue weighted by Gasteiger charge is 2.30. The van der Waals surface area contributed by atoms with E-state index in [0.717, 1.165) is 12.1 Å². The molecule has 0 aliphatic rings. The van der Waals surface area contributed by atoms with E-state index < -0.39 is 11.7 Å². The van der Waals surface area contributed by atoms with Gasteiger partial charge in [0.25, 0.3) is 0 Å². The summed E-state index contributed by atoms with van der Waals surface area (Å²) in [5, 5.41) is 8.05. The van der Waals surface area contributed by atoms with Gasteiger partial charge in [0.05, 0.1) is 19.2 Å². The van der Waals surface area contributed by atoms with Crippen LogP contribution in [-0.4, -0.2) is 28.4 Å². The smallest absolute Gasteiger partial charge is 0.416 e. The number of nitrogens with zero attached hydrogens (tertiary/aromatic N) is 3. The molecule has 0 aliphatic heterocycles. The van der Waals surface area contributed by atoms with E-state index in [2.05, 4.69) is 10.3 Å². The number of halogens is 4. The molecule has 0 unspecified atom stereocenters. The number of benzene rings is 2. The van der Waals surface area contributed by atoms with E-state index in [4.69, 9.17) is 9.47 Å². The van der Waals surface area contributed by atoms with Crippen molar-refractivity contribution in [3.8, 4) is 11.5 Å². The number of aldehydes is 1. The third kappa shape index (κ3) is 5.05. The molecule has 0 fully saturated rings. The molecule has 3 rings (SSSR count). The second-order valence-corrected chi connectivity index (χ2v) is 7.02. The number of carbonyl (C=O) groups is 1. The number of hydrogen-bond acceptors (Lipinski definition) is 5. The number of carbonyl (C=O) groups excluding carboxylic acids is 1. The first-order chi connectivity index (χ1) is 13.8. The third-order valence-electron chi connectivity index (χ3n) is 4.01. The Hall–Kier alpha value is -2.63. The summed E-state index contributed by atoms with van der Waals surface area (Å²) < 4.78 is 51.7. The van der Waals surface area contributed by atoms with Crippen LogP contribution in [0, 0.1) is 3.70 Å². The molecular weight excluding hydrogens is 502 g/mol. The first-order valence-corrected chi connectivity index (χ1v) is 9.39. The summed E-state index contributed by atoms with van der Waals surface area (Å²) in [6, 6.07) is 9.84. The topological polar surface area (TPSA) is 66.2 Å². The fourth-order valence-electron chi connectivity index (χ4n) is 2.57. The lowest BCUT2D eigenvalue weighted by atomic mass is 10.1. The summed E-state index contributed by atoms with van der Waals surface area (Å²) in [6.45, 7) is 0.226. The Labute approximate surface area is 177 Å². The Morgan fingerprint density at radius 1 is 1.17 bits per heavy atom. The Balaban J connectivity index is 1.73. The van der Waals surface area contributed by atoms with Crippen molar-refractivity contribution in [1.82, 2.24) is 15.0 Å². The zero-order valence-corrected chi connectivity index (χ0v) is 17.3. The number of rotatable bonds is 7. The largest absolute Gasteiger partial charge is 0.493 e. The highest BCUT2D eigenvalue weighted by Crippen LogP contribution is 2.30. The number of aromatic nitrogens is 3. The van der Waals surface area contributed by atoms with Gasteiger partial charge in [-0.2, -0.15) is 13.2 Å². The van der Waals surface area contributed by atoms with E-state index in [0.29, 0.717) is 38.3 Å². The molecule has 2 aromatic carbocycles. The standard InChI is InChI=1S/C19H15F3IN3O3/c1-28-17-8-13(10-27)5-6-16(17)29-11-15-18(23)26(25-24-15)9-12-3-2-4-14(7-12)19(20,21)22/h2-8,10H,9,11H2,1H3. The molecule has 0 atom stereocenters. The van der Waals surface area contributed by atoms with E-state index >= 15 is 0 Å². The van der Waals surface area contributed by atoms with Crippen LogP contribution in [0.25, 0.3) is 0 Å². The lowest BCUT2D eigenvalue weighted by molar-refractivity contribution is -0.137. The van der Waals surface area contributed by atoms with Crippen LogP contribution in [0.2, 0.25) is 0 Å². The van der Waals surface area contributed by atoms with Crippen LogP contribution in [0.1, 0.15) is 27.2 Å². The average Bonchev–Trinajstić information content (AvgIpc) is 3.05. The van der Waals surface area contributed by atoms with Crippen molar-refractivity contribution in [1.29, 1.82) is 0 Å². The molecule has 10 heteroatoms. The third-order valence-corrected chi connectivity index (χ3v) is 5.19. The summed E-state index contributed by atoms with van der Waals surface area (Å²) in [7, 11) is 1.46. The quantitative estimate of drug-likeness (QED) is 0.345. The average molecular weight is 517 g/mol. The maximum atomic E-state index is 12.9. The van der Waals surface area contributed by atoms with Gasteiger partial charge in [-0.15, -0.1) is 5.10 Å². The predicted octanol–water partition coefficient (Wildman–Crippen LogP) is 4.35. The lowest BCUT2D eigenvalue weighted by Gasteiger charge is -2.10. The van der Waals surface area contributed by atoms with Crippen molar-refractivity contribution in [3.05, 3.63) is 68.5 Å². The second kappa shape index (κ2) is 8.80. The molecule has 3 aromatic rings. The summed E-state index contributed by atoms with van der Waals surface area (Å²) in [4.78, 5) is 10.9. The van der Waals surface area contributed by atoms with E-state index in [-0.39, 0.29) is 13.2 Å². The minimum atomic E-state index is -4.40. The van der Waals surface area contributed by atoms with Crippen LogP contribution >= 0.6 is 22.6 Å². The first kappa shape index (κ1) is 21.1. The maximum absolute atomic E-state index is 12.9. The minimum Gasteiger partial charge on any atom is -0.493 e. The summed E-state index contributed by atoms with van der Waals surface area (Å²) >= 11 is 2.02. The van der Waals surface area contributed by atoms with Crippen molar-refractivity contribution in [2.45, 2.75) is 19.3 Å². The van der Waals surface area contributed by atoms with E-state index in [1.807, 2.05) is 22.6 Å². The highest BCUT2D eigenvalue weighted by molar-refractivity contribution is 14.1. The Morgan fingerprint density at radius 2 is 1.97 bits per heavy atom. The van der Waals surface area contributed by atoms with Crippen molar-refractivity contribution in [2.75, 3.05) is 7.11 Å². The molecular formula is C19H15F3IN3O3. The van der Waals surface area contributed by atoms with Crippen molar-refractivity contribution >= 4 is 28.9 Å². The molecule has 0 N–H and O–H groups in total. The van der Waals surface area contributed by atoms with E-state index in [1.54, 1.807) is 24.3 Å².